The number of benzene rings is 1. The van der Waals surface area contributed by atoms with Crippen molar-refractivity contribution in [2.45, 2.75) is 13.5 Å². The molecule has 0 atom stereocenters. The van der Waals surface area contributed by atoms with Gasteiger partial charge in [-0.15, -0.1) is 0 Å². The Balaban J connectivity index is 1.97. The topological polar surface area (TPSA) is 41.4 Å². The molecule has 1 fully saturated rings. The molecule has 2 heterocycles. The molecule has 1 saturated heterocycles. The second kappa shape index (κ2) is 6.37. The number of nitrogens with zero attached hydrogens (tertiary/aromatic N) is 4. The number of likely N-dealkylation sites (N-methyl/N-ethyl adjacent to an activating group) is 2. The molecule has 3 rings (SSSR count). The molecule has 124 valence electrons. The van der Waals surface area contributed by atoms with E-state index >= 15 is 0 Å². The van der Waals surface area contributed by atoms with E-state index in [1.54, 1.807) is 29.8 Å². The second-order valence-corrected chi connectivity index (χ2v) is 6.39. The van der Waals surface area contributed by atoms with Gasteiger partial charge in [-0.2, -0.15) is 5.10 Å². The number of aromatic nitrogens is 2. The SMILES string of the molecule is Cc1nn(Cc2ccccc2)c(Cl)c1/C=C1\C(=O)N(C)C(=S)N1C. The summed E-state index contributed by atoms with van der Waals surface area (Å²) in [5.41, 5.74) is 3.11. The van der Waals surface area contributed by atoms with Crippen molar-refractivity contribution in [3.8, 4) is 0 Å². The van der Waals surface area contributed by atoms with Gasteiger partial charge in [-0.05, 0) is 30.8 Å². The number of rotatable bonds is 3. The molecule has 1 aliphatic rings. The van der Waals surface area contributed by atoms with Crippen LogP contribution >= 0.6 is 23.8 Å². The van der Waals surface area contributed by atoms with Crippen molar-refractivity contribution in [1.82, 2.24) is 19.6 Å². The minimum Gasteiger partial charge on any atom is -0.317 e. The fourth-order valence-corrected chi connectivity index (χ4v) is 3.09. The van der Waals surface area contributed by atoms with Crippen LogP contribution in [0.1, 0.15) is 16.8 Å². The Labute approximate surface area is 151 Å². The van der Waals surface area contributed by atoms with Crippen molar-refractivity contribution in [1.29, 1.82) is 0 Å². The fourth-order valence-electron chi connectivity index (χ4n) is 2.62. The smallest absolute Gasteiger partial charge is 0.276 e. The summed E-state index contributed by atoms with van der Waals surface area (Å²) in [6.45, 7) is 2.45. The number of carbonyl (C=O) groups is 1. The van der Waals surface area contributed by atoms with E-state index in [4.69, 9.17) is 23.8 Å². The van der Waals surface area contributed by atoms with Gasteiger partial charge in [0, 0.05) is 19.7 Å². The number of hydrogen-bond donors (Lipinski definition) is 0. The lowest BCUT2D eigenvalue weighted by Gasteiger charge is -2.11. The molecule has 0 bridgehead atoms. The fraction of sp³-hybridized carbons (Fsp3) is 0.235. The van der Waals surface area contributed by atoms with Crippen molar-refractivity contribution in [3.05, 3.63) is 58.0 Å². The van der Waals surface area contributed by atoms with E-state index in [1.165, 1.54) is 4.90 Å². The van der Waals surface area contributed by atoms with E-state index in [0.717, 1.165) is 16.8 Å². The zero-order valence-corrected chi connectivity index (χ0v) is 15.2. The van der Waals surface area contributed by atoms with Crippen LogP contribution in [0.5, 0.6) is 0 Å². The average molecular weight is 361 g/mol. The maximum Gasteiger partial charge on any atom is 0.276 e. The summed E-state index contributed by atoms with van der Waals surface area (Å²) < 4.78 is 1.74. The summed E-state index contributed by atoms with van der Waals surface area (Å²) in [4.78, 5) is 15.4. The predicted octanol–water partition coefficient (Wildman–Crippen LogP) is 2.92. The maximum absolute atomic E-state index is 12.3. The van der Waals surface area contributed by atoms with Gasteiger partial charge in [0.05, 0.1) is 12.2 Å². The third kappa shape index (κ3) is 2.83. The molecule has 1 aliphatic heterocycles. The molecule has 1 amide bonds. The lowest BCUT2D eigenvalue weighted by Crippen LogP contribution is -2.26. The third-order valence-corrected chi connectivity index (χ3v) is 4.97. The quantitative estimate of drug-likeness (QED) is 0.623. The lowest BCUT2D eigenvalue weighted by molar-refractivity contribution is -0.121. The summed E-state index contributed by atoms with van der Waals surface area (Å²) in [5.74, 6) is -0.145. The summed E-state index contributed by atoms with van der Waals surface area (Å²) >= 11 is 11.7. The number of hydrogen-bond acceptors (Lipinski definition) is 3. The van der Waals surface area contributed by atoms with Crippen LogP contribution in [-0.4, -0.2) is 44.7 Å². The molecule has 0 aliphatic carbocycles. The van der Waals surface area contributed by atoms with E-state index < -0.39 is 0 Å². The van der Waals surface area contributed by atoms with E-state index in [-0.39, 0.29) is 5.91 Å². The maximum atomic E-state index is 12.3. The molecule has 0 unspecified atom stereocenters. The average Bonchev–Trinajstić information content (AvgIpc) is 2.93. The highest BCUT2D eigenvalue weighted by Gasteiger charge is 2.33. The van der Waals surface area contributed by atoms with Crippen molar-refractivity contribution in [2.24, 2.45) is 0 Å². The van der Waals surface area contributed by atoms with Crippen LogP contribution in [0.3, 0.4) is 0 Å². The van der Waals surface area contributed by atoms with Crippen LogP contribution in [0.25, 0.3) is 6.08 Å². The summed E-state index contributed by atoms with van der Waals surface area (Å²) in [6, 6.07) is 9.97. The van der Waals surface area contributed by atoms with Crippen LogP contribution in [0.15, 0.2) is 36.0 Å². The van der Waals surface area contributed by atoms with Gasteiger partial charge in [0.1, 0.15) is 10.9 Å². The Morgan fingerprint density at radius 1 is 1.21 bits per heavy atom. The number of halogens is 1. The largest absolute Gasteiger partial charge is 0.317 e. The van der Waals surface area contributed by atoms with Gasteiger partial charge in [0.25, 0.3) is 5.91 Å². The number of aryl methyl sites for hydroxylation is 1. The molecule has 1 aromatic heterocycles. The molecule has 2 aromatic rings. The summed E-state index contributed by atoms with van der Waals surface area (Å²) in [5, 5.41) is 5.47. The molecule has 7 heteroatoms. The zero-order valence-electron chi connectivity index (χ0n) is 13.7. The van der Waals surface area contributed by atoms with Crippen molar-refractivity contribution in [3.63, 3.8) is 0 Å². The van der Waals surface area contributed by atoms with Gasteiger partial charge in [0.2, 0.25) is 0 Å². The molecule has 0 radical (unpaired) electrons. The molecular formula is C17H17ClN4OS. The highest BCUT2D eigenvalue weighted by atomic mass is 35.5. The third-order valence-electron chi connectivity index (χ3n) is 4.02. The summed E-state index contributed by atoms with van der Waals surface area (Å²) in [6.07, 6.45) is 1.75. The number of carbonyl (C=O) groups excluding carboxylic acids is 1. The normalized spacial score (nSPS) is 16.6. The lowest BCUT2D eigenvalue weighted by atomic mass is 10.2. The monoisotopic (exact) mass is 360 g/mol. The van der Waals surface area contributed by atoms with Crippen LogP contribution in [0.4, 0.5) is 0 Å². The predicted molar refractivity (Wildman–Crippen MR) is 98.6 cm³/mol. The molecule has 1 aromatic carbocycles. The van der Waals surface area contributed by atoms with Crippen LogP contribution < -0.4 is 0 Å². The van der Waals surface area contributed by atoms with Crippen molar-refractivity contribution < 1.29 is 4.79 Å². The van der Waals surface area contributed by atoms with Gasteiger partial charge in [-0.25, -0.2) is 4.68 Å². The van der Waals surface area contributed by atoms with Crippen LogP contribution in [0.2, 0.25) is 5.15 Å². The first kappa shape index (κ1) is 16.7. The van der Waals surface area contributed by atoms with Crippen LogP contribution in [-0.2, 0) is 11.3 Å². The van der Waals surface area contributed by atoms with Crippen molar-refractivity contribution in [2.75, 3.05) is 14.1 Å². The van der Waals surface area contributed by atoms with Crippen molar-refractivity contribution >= 4 is 40.9 Å². The Morgan fingerprint density at radius 3 is 2.46 bits per heavy atom. The zero-order chi connectivity index (χ0) is 17.4. The molecule has 0 saturated carbocycles. The molecule has 24 heavy (non-hydrogen) atoms. The Morgan fingerprint density at radius 2 is 1.88 bits per heavy atom. The van der Waals surface area contributed by atoms with Gasteiger partial charge in [-0.1, -0.05) is 41.9 Å². The van der Waals surface area contributed by atoms with E-state index in [9.17, 15) is 4.79 Å². The van der Waals surface area contributed by atoms with Gasteiger partial charge in [-0.3, -0.25) is 9.69 Å². The molecular weight excluding hydrogens is 344 g/mol. The number of thiocarbonyl (C=S) groups is 1. The minimum atomic E-state index is -0.145. The van der Waals surface area contributed by atoms with E-state index in [0.29, 0.717) is 22.5 Å². The Hall–Kier alpha value is -2.18. The first-order chi connectivity index (χ1) is 11.4. The van der Waals surface area contributed by atoms with Crippen LogP contribution in [0, 0.1) is 6.92 Å². The van der Waals surface area contributed by atoms with E-state index in [2.05, 4.69) is 5.10 Å². The first-order valence-electron chi connectivity index (χ1n) is 7.44. The first-order valence-corrected chi connectivity index (χ1v) is 8.23. The summed E-state index contributed by atoms with van der Waals surface area (Å²) in [7, 11) is 3.43. The highest BCUT2D eigenvalue weighted by Crippen LogP contribution is 2.27. The minimum absolute atomic E-state index is 0.145. The number of amides is 1. The van der Waals surface area contributed by atoms with Gasteiger partial charge < -0.3 is 4.90 Å². The molecule has 0 N–H and O–H groups in total. The van der Waals surface area contributed by atoms with Gasteiger partial charge in [0.15, 0.2) is 5.11 Å². The second-order valence-electron chi connectivity index (χ2n) is 5.67. The molecule has 0 spiro atoms. The van der Waals surface area contributed by atoms with Gasteiger partial charge >= 0.3 is 0 Å². The molecule has 5 nitrogen and oxygen atoms in total. The van der Waals surface area contributed by atoms with E-state index in [1.807, 2.05) is 37.3 Å². The Kier molecular flexibility index (Phi) is 4.43. The Bertz CT molecular complexity index is 844. The highest BCUT2D eigenvalue weighted by molar-refractivity contribution is 7.80. The standard InChI is InChI=1S/C17H17ClN4OS/c1-11-13(9-14-16(23)21(3)17(24)20(14)2)15(18)22(19-11)10-12-7-5-4-6-8-12/h4-9H,10H2,1-3H3/b14-9+.